The zero-order chi connectivity index (χ0) is 12.1. The first-order chi connectivity index (χ1) is 7.49. The van der Waals surface area contributed by atoms with Gasteiger partial charge in [-0.2, -0.15) is 0 Å². The summed E-state index contributed by atoms with van der Waals surface area (Å²) >= 11 is 1.34. The van der Waals surface area contributed by atoms with Crippen LogP contribution in [0.3, 0.4) is 0 Å². The van der Waals surface area contributed by atoms with E-state index < -0.39 is 17.6 Å². The number of hydrogen-bond acceptors (Lipinski definition) is 2. The molecule has 1 aromatic rings. The normalized spacial score (nSPS) is 12.4. The van der Waals surface area contributed by atoms with Gasteiger partial charge in [0.05, 0.1) is 0 Å². The summed E-state index contributed by atoms with van der Waals surface area (Å²) in [5, 5.41) is 8.55. The van der Waals surface area contributed by atoms with Gasteiger partial charge in [-0.05, 0) is 24.6 Å². The monoisotopic (exact) mass is 246 g/mol. The Kier molecular flexibility index (Phi) is 4.73. The molecule has 1 aromatic carbocycles. The number of carboxylic acids is 1. The molecule has 0 aromatic heterocycles. The molecule has 0 fully saturated rings. The fourth-order valence-electron chi connectivity index (χ4n) is 1.17. The van der Waals surface area contributed by atoms with E-state index in [4.69, 9.17) is 5.11 Å². The van der Waals surface area contributed by atoms with Gasteiger partial charge in [0, 0.05) is 16.6 Å². The van der Waals surface area contributed by atoms with E-state index in [1.165, 1.54) is 17.8 Å². The van der Waals surface area contributed by atoms with E-state index >= 15 is 0 Å². The van der Waals surface area contributed by atoms with E-state index in [2.05, 4.69) is 0 Å². The van der Waals surface area contributed by atoms with E-state index in [-0.39, 0.29) is 11.7 Å². The molecule has 0 aliphatic rings. The fourth-order valence-corrected chi connectivity index (χ4v) is 2.19. The van der Waals surface area contributed by atoms with Gasteiger partial charge >= 0.3 is 5.97 Å². The summed E-state index contributed by atoms with van der Waals surface area (Å²) in [7, 11) is 0. The van der Waals surface area contributed by atoms with Crippen LogP contribution in [0, 0.1) is 11.6 Å². The number of carboxylic acid groups (broad SMARTS) is 1. The highest BCUT2D eigenvalue weighted by molar-refractivity contribution is 7.99. The summed E-state index contributed by atoms with van der Waals surface area (Å²) in [6, 6.07) is 3.68. The highest BCUT2D eigenvalue weighted by atomic mass is 32.2. The third-order valence-electron chi connectivity index (χ3n) is 1.99. The average molecular weight is 246 g/mol. The number of aliphatic carboxylic acids is 1. The molecule has 1 rings (SSSR count). The van der Waals surface area contributed by atoms with Crippen LogP contribution in [-0.2, 0) is 4.79 Å². The largest absolute Gasteiger partial charge is 0.481 e. The van der Waals surface area contributed by atoms with Crippen LogP contribution in [0.25, 0.3) is 0 Å². The zero-order valence-electron chi connectivity index (χ0n) is 8.74. The summed E-state index contributed by atoms with van der Waals surface area (Å²) in [6.07, 6.45) is 0.580. The Balaban J connectivity index is 2.52. The molecule has 0 bridgehead atoms. The van der Waals surface area contributed by atoms with E-state index in [9.17, 15) is 13.6 Å². The van der Waals surface area contributed by atoms with Gasteiger partial charge < -0.3 is 5.11 Å². The number of rotatable bonds is 5. The van der Waals surface area contributed by atoms with Gasteiger partial charge in [0.1, 0.15) is 0 Å². The molecule has 0 aliphatic carbocycles. The average Bonchev–Trinajstić information content (AvgIpc) is 2.21. The number of benzene rings is 1. The van der Waals surface area contributed by atoms with Crippen LogP contribution in [0.5, 0.6) is 0 Å². The van der Waals surface area contributed by atoms with Gasteiger partial charge in [0.15, 0.2) is 11.6 Å². The molecule has 0 aliphatic heterocycles. The second-order valence-electron chi connectivity index (χ2n) is 3.44. The molecule has 88 valence electrons. The van der Waals surface area contributed by atoms with Crippen LogP contribution in [-0.4, -0.2) is 16.3 Å². The first-order valence-corrected chi connectivity index (χ1v) is 5.70. The van der Waals surface area contributed by atoms with Crippen molar-refractivity contribution in [1.82, 2.24) is 0 Å². The highest BCUT2D eigenvalue weighted by Crippen LogP contribution is 2.27. The SMILES string of the molecule is CC(CCC(=O)O)Sc1ccc(F)c(F)c1. The molecule has 1 N–H and O–H groups in total. The summed E-state index contributed by atoms with van der Waals surface area (Å²) in [6.45, 7) is 1.86. The van der Waals surface area contributed by atoms with Crippen LogP contribution in [0.15, 0.2) is 23.1 Å². The molecule has 0 radical (unpaired) electrons. The number of hydrogen-bond donors (Lipinski definition) is 1. The summed E-state index contributed by atoms with van der Waals surface area (Å²) in [5.41, 5.74) is 0. The molecule has 0 amide bonds. The number of halogens is 2. The Morgan fingerprint density at radius 2 is 2.12 bits per heavy atom. The summed E-state index contributed by atoms with van der Waals surface area (Å²) in [4.78, 5) is 10.9. The van der Waals surface area contributed by atoms with Crippen LogP contribution in [0.2, 0.25) is 0 Å². The predicted molar refractivity (Wildman–Crippen MR) is 58.5 cm³/mol. The Morgan fingerprint density at radius 3 is 2.69 bits per heavy atom. The quantitative estimate of drug-likeness (QED) is 0.810. The van der Waals surface area contributed by atoms with Crippen molar-refractivity contribution < 1.29 is 18.7 Å². The molecule has 1 unspecified atom stereocenters. The van der Waals surface area contributed by atoms with E-state index in [0.717, 1.165) is 12.1 Å². The van der Waals surface area contributed by atoms with Gasteiger partial charge in [0.25, 0.3) is 0 Å². The minimum atomic E-state index is -0.879. The molecule has 0 heterocycles. The lowest BCUT2D eigenvalue weighted by molar-refractivity contribution is -0.137. The van der Waals surface area contributed by atoms with Gasteiger partial charge in [0.2, 0.25) is 0 Å². The van der Waals surface area contributed by atoms with Crippen molar-refractivity contribution in [2.24, 2.45) is 0 Å². The first kappa shape index (κ1) is 13.0. The molecule has 0 spiro atoms. The third-order valence-corrected chi connectivity index (χ3v) is 3.16. The minimum Gasteiger partial charge on any atom is -0.481 e. The maximum absolute atomic E-state index is 12.9. The second-order valence-corrected chi connectivity index (χ2v) is 4.95. The molecule has 0 saturated carbocycles. The van der Waals surface area contributed by atoms with Gasteiger partial charge in [-0.3, -0.25) is 4.79 Å². The summed E-state index contributed by atoms with van der Waals surface area (Å²) in [5.74, 6) is -2.60. The molecular formula is C11H12F2O2S. The van der Waals surface area contributed by atoms with Crippen molar-refractivity contribution >= 4 is 17.7 Å². The fraction of sp³-hybridized carbons (Fsp3) is 0.364. The molecule has 1 atom stereocenters. The van der Waals surface area contributed by atoms with Crippen LogP contribution >= 0.6 is 11.8 Å². The molecule has 2 nitrogen and oxygen atoms in total. The predicted octanol–water partition coefficient (Wildman–Crippen LogP) is 3.31. The Morgan fingerprint density at radius 1 is 1.44 bits per heavy atom. The van der Waals surface area contributed by atoms with Crippen LogP contribution in [0.4, 0.5) is 8.78 Å². The first-order valence-electron chi connectivity index (χ1n) is 4.82. The minimum absolute atomic E-state index is 0.0564. The van der Waals surface area contributed by atoms with Gasteiger partial charge in [-0.1, -0.05) is 6.92 Å². The third kappa shape index (κ3) is 4.18. The van der Waals surface area contributed by atoms with Crippen molar-refractivity contribution in [2.45, 2.75) is 29.9 Å². The smallest absolute Gasteiger partial charge is 0.303 e. The van der Waals surface area contributed by atoms with Crippen molar-refractivity contribution in [3.8, 4) is 0 Å². The molecular weight excluding hydrogens is 234 g/mol. The maximum Gasteiger partial charge on any atom is 0.303 e. The van der Waals surface area contributed by atoms with Crippen LogP contribution in [0.1, 0.15) is 19.8 Å². The van der Waals surface area contributed by atoms with Crippen molar-refractivity contribution in [3.63, 3.8) is 0 Å². The van der Waals surface area contributed by atoms with Crippen molar-refractivity contribution in [2.75, 3.05) is 0 Å². The van der Waals surface area contributed by atoms with E-state index in [0.29, 0.717) is 11.3 Å². The second kappa shape index (κ2) is 5.84. The van der Waals surface area contributed by atoms with E-state index in [1.807, 2.05) is 6.92 Å². The molecule has 5 heteroatoms. The Hall–Kier alpha value is -1.10. The molecule has 16 heavy (non-hydrogen) atoms. The Labute approximate surface area is 96.7 Å². The Bertz CT molecular complexity index is 382. The lowest BCUT2D eigenvalue weighted by Gasteiger charge is -2.09. The van der Waals surface area contributed by atoms with Crippen molar-refractivity contribution in [1.29, 1.82) is 0 Å². The van der Waals surface area contributed by atoms with Gasteiger partial charge in [-0.15, -0.1) is 11.8 Å². The lowest BCUT2D eigenvalue weighted by Crippen LogP contribution is -2.02. The van der Waals surface area contributed by atoms with E-state index in [1.54, 1.807) is 0 Å². The standard InChI is InChI=1S/C11H12F2O2S/c1-7(2-5-11(14)15)16-8-3-4-9(12)10(13)6-8/h3-4,6-7H,2,5H2,1H3,(H,14,15). The van der Waals surface area contributed by atoms with Crippen molar-refractivity contribution in [3.05, 3.63) is 29.8 Å². The van der Waals surface area contributed by atoms with Crippen LogP contribution < -0.4 is 0 Å². The van der Waals surface area contributed by atoms with Gasteiger partial charge in [-0.25, -0.2) is 8.78 Å². The maximum atomic E-state index is 12.9. The highest BCUT2D eigenvalue weighted by Gasteiger charge is 2.09. The zero-order valence-corrected chi connectivity index (χ0v) is 9.56. The number of thioether (sulfide) groups is 1. The number of carbonyl (C=O) groups is 1. The topological polar surface area (TPSA) is 37.3 Å². The summed E-state index contributed by atoms with van der Waals surface area (Å²) < 4.78 is 25.5. The molecule has 0 saturated heterocycles. The lowest BCUT2D eigenvalue weighted by atomic mass is 10.2.